The third-order valence-electron chi connectivity index (χ3n) is 0. The van der Waals surface area contributed by atoms with E-state index in [0.717, 1.165) is 0 Å². The van der Waals surface area contributed by atoms with Crippen LogP contribution in [0, 0.1) is 14.9 Å². The van der Waals surface area contributed by atoms with Gasteiger partial charge in [0, 0.05) is 0 Å². The van der Waals surface area contributed by atoms with Gasteiger partial charge in [-0.25, -0.2) is 0 Å². The molecule has 0 aromatic rings. The molecule has 0 rings (SSSR count). The molecule has 6 heteroatoms. The van der Waals surface area contributed by atoms with Crippen LogP contribution in [-0.4, -0.2) is 27.2 Å². The summed E-state index contributed by atoms with van der Waals surface area (Å²) in [7, 11) is 0. The Balaban J connectivity index is -0.00000000267. The molecule has 0 aromatic carbocycles. The normalized spacial score (nSPS) is 1.33. The van der Waals surface area contributed by atoms with Gasteiger partial charge in [0.15, 0.2) is 0 Å². The van der Waals surface area contributed by atoms with Crippen molar-refractivity contribution in [3.05, 3.63) is 14.9 Å². The topological polar surface area (TPSA) is 68.3 Å². The van der Waals surface area contributed by atoms with Crippen molar-refractivity contribution in [1.29, 1.82) is 0 Å². The van der Waals surface area contributed by atoms with Crippen LogP contribution in [-0.2, 0) is 53.3 Å². The second kappa shape index (κ2) is 12800. The van der Waals surface area contributed by atoms with Crippen molar-refractivity contribution >= 4 is 27.2 Å². The molecule has 0 amide bonds. The summed E-state index contributed by atoms with van der Waals surface area (Å²) in [6.45, 7) is 15.5. The molecular weight excluding hydrogens is 248 g/mol. The maximum Gasteiger partial charge on any atom is 4.00 e. The zero-order valence-corrected chi connectivity index (χ0v) is 8.70. The van der Waals surface area contributed by atoms with Crippen molar-refractivity contribution in [2.75, 3.05) is 0 Å². The van der Waals surface area contributed by atoms with E-state index in [2.05, 4.69) is 27.2 Å². The third kappa shape index (κ3) is 9350. The van der Waals surface area contributed by atoms with Crippen LogP contribution in [0.2, 0.25) is 0 Å². The summed E-state index contributed by atoms with van der Waals surface area (Å²) in [5.41, 5.74) is 0. The third-order valence-corrected chi connectivity index (χ3v) is 0. The van der Waals surface area contributed by atoms with Crippen LogP contribution in [0.3, 0.4) is 0 Å². The average Bonchev–Trinajstić information content (AvgIpc) is 2.03. The molecule has 0 aromatic heterocycles. The van der Waals surface area contributed by atoms with Crippen LogP contribution in [0.15, 0.2) is 0 Å². The molecule has 4 nitrogen and oxygen atoms in total. The Morgan fingerprint density at radius 1 is 0.667 bits per heavy atom. The Bertz CT molecular complexity index is 25.5. The Kier molecular flexibility index (Phi) is 104000. The molecule has 2 radical (unpaired) electrons. The van der Waals surface area contributed by atoms with E-state index in [4.69, 9.17) is 19.2 Å². The van der Waals surface area contributed by atoms with Gasteiger partial charge in [0.05, 0.1) is 0 Å². The molecule has 0 N–H and O–H groups in total. The molecule has 12 heavy (non-hydrogen) atoms. The molecule has 0 heterocycles. The van der Waals surface area contributed by atoms with E-state index in [1.165, 1.54) is 0 Å². The van der Waals surface area contributed by atoms with Gasteiger partial charge in [-0.1, -0.05) is 0 Å². The molecule has 0 aliphatic rings. The summed E-state index contributed by atoms with van der Waals surface area (Å²) in [6, 6.07) is 0. The van der Waals surface area contributed by atoms with E-state index >= 15 is 0 Å². The van der Waals surface area contributed by atoms with E-state index in [-0.39, 0.29) is 49.0 Å². The smallest absolute Gasteiger partial charge is 0.573 e. The van der Waals surface area contributed by atoms with Gasteiger partial charge in [0.25, 0.3) is 0 Å². The van der Waals surface area contributed by atoms with E-state index in [0.29, 0.717) is 0 Å². The van der Waals surface area contributed by atoms with Gasteiger partial charge in [-0.2, -0.15) is 0 Å². The van der Waals surface area contributed by atoms with Gasteiger partial charge in [0.2, 0.25) is 0 Å². The molecular formula is C6H8Fe2O4. The zero-order chi connectivity index (χ0) is 8.00. The Hall–Kier alpha value is -0.281. The van der Waals surface area contributed by atoms with Crippen LogP contribution in [0.5, 0.6) is 0 Å². The van der Waals surface area contributed by atoms with Crippen molar-refractivity contribution in [3.8, 4) is 0 Å². The molecule has 0 bridgehead atoms. The molecule has 0 saturated heterocycles. The van der Waals surface area contributed by atoms with Gasteiger partial charge >= 0.3 is 34.1 Å². The number of carbonyl (C=O) groups excluding carboxylic acids is 4. The monoisotopic (exact) mass is 256 g/mol. The quantitative estimate of drug-likeness (QED) is 0.334. The van der Waals surface area contributed by atoms with Crippen LogP contribution < -0.4 is 0 Å². The fraction of sp³-hybridized carbons (Fsp3) is 0. The summed E-state index contributed by atoms with van der Waals surface area (Å²) in [4.78, 5) is 30.5. The molecule has 0 aliphatic heterocycles. The maximum atomic E-state index is 7.75. The van der Waals surface area contributed by atoms with Gasteiger partial charge in [-0.3, -0.25) is 13.6 Å². The number of hydrogen-bond acceptors (Lipinski definition) is 4. The fourth-order valence-electron chi connectivity index (χ4n) is 0. The van der Waals surface area contributed by atoms with Crippen molar-refractivity contribution in [3.63, 3.8) is 0 Å². The number of hydrogen-bond donors (Lipinski definition) is 0. The first kappa shape index (κ1) is 97.4. The van der Waals surface area contributed by atoms with Gasteiger partial charge in [0.1, 0.15) is 0 Å². The van der Waals surface area contributed by atoms with E-state index in [1.54, 1.807) is 0 Å². The molecule has 0 saturated carbocycles. The van der Waals surface area contributed by atoms with Crippen LogP contribution in [0.1, 0.15) is 0 Å². The first-order valence-electron chi connectivity index (χ1n) is 0.880. The first-order valence-corrected chi connectivity index (χ1v) is 0.880. The van der Waals surface area contributed by atoms with Gasteiger partial charge in [-0.05, 0) is 0 Å². The van der Waals surface area contributed by atoms with Crippen LogP contribution >= 0.6 is 0 Å². The summed E-state index contributed by atoms with van der Waals surface area (Å²) in [5, 5.41) is 0. The molecule has 0 aliphatic carbocycles. The predicted octanol–water partition coefficient (Wildman–Crippen LogP) is -0.447. The molecule has 0 spiro atoms. The minimum Gasteiger partial charge on any atom is -0.573 e. The molecule has 0 unspecified atom stereocenters. The second-order valence-corrected chi connectivity index (χ2v) is 0. The SMILES string of the molecule is [C-]=O.[C-]=O.[CH-]=O.[CH-]=O.[CH3-].[CH3-].[Fe+2].[Fe+4]. The standard InChI is InChI=1S/2CHO.2CO.2CH3.2Fe/c4*1-2;;;;/h2*1H;;;2*1H3;;/q6*-1;+2;+4. The Morgan fingerprint density at radius 2 is 0.667 bits per heavy atom. The number of rotatable bonds is 0. The predicted molar refractivity (Wildman–Crippen MR) is 37.7 cm³/mol. The largest absolute Gasteiger partial charge is 4.00 e. The Labute approximate surface area is 95.4 Å². The van der Waals surface area contributed by atoms with E-state index in [1.807, 2.05) is 0 Å². The van der Waals surface area contributed by atoms with E-state index < -0.39 is 0 Å². The summed E-state index contributed by atoms with van der Waals surface area (Å²) < 4.78 is 0. The van der Waals surface area contributed by atoms with Crippen LogP contribution in [0.4, 0.5) is 0 Å². The molecule has 72 valence electrons. The maximum absolute atomic E-state index is 7.75. The first-order chi connectivity index (χ1) is 4.00. The Morgan fingerprint density at radius 3 is 0.667 bits per heavy atom. The van der Waals surface area contributed by atoms with Crippen molar-refractivity contribution in [1.82, 2.24) is 0 Å². The molecule has 0 fully saturated rings. The minimum absolute atomic E-state index is 0. The fourth-order valence-corrected chi connectivity index (χ4v) is 0. The van der Waals surface area contributed by atoms with Crippen LogP contribution in [0.25, 0.3) is 0 Å². The van der Waals surface area contributed by atoms with Crippen molar-refractivity contribution < 1.29 is 53.3 Å². The minimum atomic E-state index is 0. The summed E-state index contributed by atoms with van der Waals surface area (Å²) >= 11 is 0. The average molecular weight is 256 g/mol. The second-order valence-electron chi connectivity index (χ2n) is 0. The van der Waals surface area contributed by atoms with Gasteiger partial charge < -0.3 is 47.6 Å². The van der Waals surface area contributed by atoms with Crippen molar-refractivity contribution in [2.45, 2.75) is 0 Å². The molecule has 0 atom stereocenters. The zero-order valence-electron chi connectivity index (χ0n) is 6.49. The van der Waals surface area contributed by atoms with Gasteiger partial charge in [-0.15, -0.1) is 0 Å². The summed E-state index contributed by atoms with van der Waals surface area (Å²) in [6.07, 6.45) is 0. The van der Waals surface area contributed by atoms with E-state index in [9.17, 15) is 0 Å². The van der Waals surface area contributed by atoms with Crippen molar-refractivity contribution in [2.24, 2.45) is 0 Å². The summed E-state index contributed by atoms with van der Waals surface area (Å²) in [5.74, 6) is 0.